The van der Waals surface area contributed by atoms with Crippen molar-refractivity contribution in [1.29, 1.82) is 0 Å². The predicted molar refractivity (Wildman–Crippen MR) is 99.3 cm³/mol. The Hall–Kier alpha value is -3.34. The number of aliphatic imine (C=N–C) groups is 1. The average molecular weight is 328 g/mol. The van der Waals surface area contributed by atoms with Crippen LogP contribution in [0.1, 0.15) is 6.92 Å². The SMILES string of the molecule is CC1=NC(=O)[C@@H](N=Nc2cccc3ccccc23)N1c1ccccc1. The van der Waals surface area contributed by atoms with Crippen molar-refractivity contribution < 1.29 is 4.79 Å². The van der Waals surface area contributed by atoms with Crippen LogP contribution >= 0.6 is 0 Å². The van der Waals surface area contributed by atoms with Gasteiger partial charge < -0.3 is 0 Å². The van der Waals surface area contributed by atoms with Gasteiger partial charge in [0, 0.05) is 11.1 Å². The molecular weight excluding hydrogens is 312 g/mol. The molecule has 0 aliphatic carbocycles. The summed E-state index contributed by atoms with van der Waals surface area (Å²) in [5.41, 5.74) is 1.61. The highest BCUT2D eigenvalue weighted by Gasteiger charge is 2.34. The van der Waals surface area contributed by atoms with Crippen molar-refractivity contribution in [1.82, 2.24) is 0 Å². The molecule has 1 heterocycles. The molecule has 3 aromatic rings. The third kappa shape index (κ3) is 2.80. The molecule has 3 aromatic carbocycles. The average Bonchev–Trinajstić information content (AvgIpc) is 2.94. The molecule has 0 saturated carbocycles. The van der Waals surface area contributed by atoms with Gasteiger partial charge in [0.1, 0.15) is 5.84 Å². The van der Waals surface area contributed by atoms with E-state index in [-0.39, 0.29) is 5.91 Å². The number of amides is 1. The van der Waals surface area contributed by atoms with E-state index in [1.807, 2.05) is 72.8 Å². The fourth-order valence-electron chi connectivity index (χ4n) is 2.99. The quantitative estimate of drug-likeness (QED) is 0.653. The molecule has 0 saturated heterocycles. The highest BCUT2D eigenvalue weighted by atomic mass is 16.2. The van der Waals surface area contributed by atoms with Crippen molar-refractivity contribution in [3.05, 3.63) is 72.8 Å². The van der Waals surface area contributed by atoms with Crippen LogP contribution in [0.5, 0.6) is 0 Å². The fourth-order valence-corrected chi connectivity index (χ4v) is 2.99. The number of rotatable bonds is 3. The van der Waals surface area contributed by atoms with Crippen molar-refractivity contribution in [2.24, 2.45) is 15.2 Å². The minimum atomic E-state index is -0.763. The van der Waals surface area contributed by atoms with Gasteiger partial charge in [-0.3, -0.25) is 9.69 Å². The lowest BCUT2D eigenvalue weighted by molar-refractivity contribution is -0.118. The summed E-state index contributed by atoms with van der Waals surface area (Å²) in [6.07, 6.45) is -0.763. The summed E-state index contributed by atoms with van der Waals surface area (Å²) in [4.78, 5) is 18.1. The van der Waals surface area contributed by atoms with Gasteiger partial charge in [-0.15, -0.1) is 0 Å². The van der Waals surface area contributed by atoms with Gasteiger partial charge in [0.2, 0.25) is 6.17 Å². The molecule has 0 unspecified atom stereocenters. The molecule has 0 fully saturated rings. The van der Waals surface area contributed by atoms with Crippen LogP contribution in [0.2, 0.25) is 0 Å². The van der Waals surface area contributed by atoms with Gasteiger partial charge in [0.05, 0.1) is 5.69 Å². The second kappa shape index (κ2) is 6.28. The minimum absolute atomic E-state index is 0.301. The number of anilines is 1. The van der Waals surface area contributed by atoms with Crippen LogP contribution in [0.25, 0.3) is 10.8 Å². The number of azo groups is 1. The van der Waals surface area contributed by atoms with Gasteiger partial charge in [-0.2, -0.15) is 15.2 Å². The smallest absolute Gasteiger partial charge is 0.295 e. The van der Waals surface area contributed by atoms with Gasteiger partial charge in [0.25, 0.3) is 5.91 Å². The largest absolute Gasteiger partial charge is 0.297 e. The van der Waals surface area contributed by atoms with Crippen molar-refractivity contribution in [2.75, 3.05) is 4.90 Å². The predicted octanol–water partition coefficient (Wildman–Crippen LogP) is 4.71. The highest BCUT2D eigenvalue weighted by Crippen LogP contribution is 2.28. The van der Waals surface area contributed by atoms with Gasteiger partial charge in [-0.05, 0) is 30.5 Å². The molecule has 4 rings (SSSR count). The van der Waals surface area contributed by atoms with Gasteiger partial charge in [-0.1, -0.05) is 54.6 Å². The van der Waals surface area contributed by atoms with Crippen LogP contribution in [0.3, 0.4) is 0 Å². The molecule has 0 spiro atoms. The Labute approximate surface area is 145 Å². The summed E-state index contributed by atoms with van der Waals surface area (Å²) in [5, 5.41) is 10.8. The summed E-state index contributed by atoms with van der Waals surface area (Å²) >= 11 is 0. The molecule has 0 aromatic heterocycles. The molecule has 0 bridgehead atoms. The van der Waals surface area contributed by atoms with Gasteiger partial charge in [0.15, 0.2) is 0 Å². The molecule has 0 radical (unpaired) electrons. The highest BCUT2D eigenvalue weighted by molar-refractivity contribution is 6.13. The monoisotopic (exact) mass is 328 g/mol. The Kier molecular flexibility index (Phi) is 3.82. The summed E-state index contributed by atoms with van der Waals surface area (Å²) in [7, 11) is 0. The van der Waals surface area contributed by atoms with Crippen LogP contribution in [0, 0.1) is 0 Å². The summed E-state index contributed by atoms with van der Waals surface area (Å²) in [6, 6.07) is 23.5. The van der Waals surface area contributed by atoms with E-state index in [0.29, 0.717) is 5.84 Å². The molecule has 5 heteroatoms. The zero-order valence-electron chi connectivity index (χ0n) is 13.7. The molecule has 1 atom stereocenters. The van der Waals surface area contributed by atoms with E-state index in [1.165, 1.54) is 0 Å². The molecule has 1 aliphatic rings. The first-order valence-corrected chi connectivity index (χ1v) is 8.06. The summed E-state index contributed by atoms with van der Waals surface area (Å²) in [5.74, 6) is 0.323. The van der Waals surface area contributed by atoms with Crippen molar-refractivity contribution in [3.63, 3.8) is 0 Å². The lowest BCUT2D eigenvalue weighted by Gasteiger charge is -2.21. The normalized spacial score (nSPS) is 17.5. The number of benzene rings is 3. The summed E-state index contributed by atoms with van der Waals surface area (Å²) in [6.45, 7) is 1.80. The first kappa shape index (κ1) is 15.2. The number of hydrogen-bond donors (Lipinski definition) is 0. The van der Waals surface area contributed by atoms with Crippen LogP contribution in [0.4, 0.5) is 11.4 Å². The number of fused-ring (bicyclic) bond motifs is 1. The van der Waals surface area contributed by atoms with Crippen molar-refractivity contribution in [2.45, 2.75) is 13.1 Å². The molecule has 1 amide bonds. The molecule has 122 valence electrons. The Bertz CT molecular complexity index is 990. The number of amidine groups is 1. The van der Waals surface area contributed by atoms with Gasteiger partial charge >= 0.3 is 0 Å². The standard InChI is InChI=1S/C20H16N4O/c1-14-21-20(25)19(24(14)16-10-3-2-4-11-16)23-22-18-13-7-9-15-8-5-6-12-17(15)18/h2-13,19H,1H3/t19-/m0/s1. The van der Waals surface area contributed by atoms with Crippen LogP contribution in [-0.2, 0) is 4.79 Å². The maximum Gasteiger partial charge on any atom is 0.295 e. The van der Waals surface area contributed by atoms with E-state index < -0.39 is 6.17 Å². The Morgan fingerprint density at radius 2 is 1.64 bits per heavy atom. The third-order valence-corrected chi connectivity index (χ3v) is 4.16. The second-order valence-corrected chi connectivity index (χ2v) is 5.79. The van der Waals surface area contributed by atoms with E-state index >= 15 is 0 Å². The van der Waals surface area contributed by atoms with Crippen molar-refractivity contribution in [3.8, 4) is 0 Å². The maximum absolute atomic E-state index is 12.3. The van der Waals surface area contributed by atoms with Crippen LogP contribution < -0.4 is 4.90 Å². The maximum atomic E-state index is 12.3. The molecular formula is C20H16N4O. The van der Waals surface area contributed by atoms with Crippen molar-refractivity contribution >= 4 is 33.9 Å². The van der Waals surface area contributed by atoms with Crippen LogP contribution in [0.15, 0.2) is 88.0 Å². The number of hydrogen-bond acceptors (Lipinski definition) is 4. The minimum Gasteiger partial charge on any atom is -0.297 e. The Morgan fingerprint density at radius 3 is 2.48 bits per heavy atom. The third-order valence-electron chi connectivity index (χ3n) is 4.16. The molecule has 5 nitrogen and oxygen atoms in total. The molecule has 1 aliphatic heterocycles. The number of para-hydroxylation sites is 1. The van der Waals surface area contributed by atoms with Gasteiger partial charge in [-0.25, -0.2) is 0 Å². The van der Waals surface area contributed by atoms with E-state index in [2.05, 4.69) is 15.2 Å². The summed E-state index contributed by atoms with van der Waals surface area (Å²) < 4.78 is 0. The topological polar surface area (TPSA) is 57.4 Å². The first-order valence-electron chi connectivity index (χ1n) is 8.06. The lowest BCUT2D eigenvalue weighted by Crippen LogP contribution is -2.35. The second-order valence-electron chi connectivity index (χ2n) is 5.79. The Morgan fingerprint density at radius 1 is 0.920 bits per heavy atom. The van der Waals surface area contributed by atoms with E-state index in [9.17, 15) is 4.79 Å². The first-order chi connectivity index (χ1) is 12.2. The number of nitrogens with zero attached hydrogens (tertiary/aromatic N) is 4. The van der Waals surface area contributed by atoms with E-state index in [4.69, 9.17) is 0 Å². The van der Waals surface area contributed by atoms with E-state index in [1.54, 1.807) is 11.8 Å². The van der Waals surface area contributed by atoms with Crippen LogP contribution in [-0.4, -0.2) is 17.9 Å². The number of carbonyl (C=O) groups is 1. The van der Waals surface area contributed by atoms with E-state index in [0.717, 1.165) is 22.1 Å². The number of carbonyl (C=O) groups excluding carboxylic acids is 1. The zero-order valence-corrected chi connectivity index (χ0v) is 13.7. The zero-order chi connectivity index (χ0) is 17.2. The lowest BCUT2D eigenvalue weighted by atomic mass is 10.1. The molecule has 25 heavy (non-hydrogen) atoms. The Balaban J connectivity index is 1.71. The fraction of sp³-hybridized carbons (Fsp3) is 0.100. The molecule has 0 N–H and O–H groups in total.